The summed E-state index contributed by atoms with van der Waals surface area (Å²) in [5.41, 5.74) is 2.96. The molecule has 0 aliphatic rings. The zero-order valence-electron chi connectivity index (χ0n) is 11.0. The minimum absolute atomic E-state index is 0.0984. The van der Waals surface area contributed by atoms with Gasteiger partial charge >= 0.3 is 5.69 Å². The second-order valence-corrected chi connectivity index (χ2v) is 4.24. The van der Waals surface area contributed by atoms with Crippen LogP contribution in [0.2, 0.25) is 0 Å². The van der Waals surface area contributed by atoms with E-state index in [1.54, 1.807) is 7.05 Å². The van der Waals surface area contributed by atoms with E-state index < -0.39 is 4.92 Å². The Morgan fingerprint density at radius 2 is 2.00 bits per heavy atom. The molecule has 6 heteroatoms. The number of nitrogens with one attached hydrogen (secondary N) is 1. The highest BCUT2D eigenvalue weighted by atomic mass is 16.6. The van der Waals surface area contributed by atoms with Gasteiger partial charge < -0.3 is 5.32 Å². The SMILES string of the molecule is CNc1ncnc(-c2cc(C)ccc2C)c1[N+](=O)[O-]. The summed E-state index contributed by atoms with van der Waals surface area (Å²) in [7, 11) is 1.60. The van der Waals surface area contributed by atoms with Gasteiger partial charge in [-0.25, -0.2) is 9.97 Å². The standard InChI is InChI=1S/C13H14N4O2/c1-8-4-5-9(2)10(6-8)11-12(17(18)19)13(14-3)16-7-15-11/h4-7H,1-3H3,(H,14,15,16). The molecule has 0 fully saturated rings. The van der Waals surface area contributed by atoms with Gasteiger partial charge in [-0.1, -0.05) is 17.7 Å². The molecule has 1 N–H and O–H groups in total. The van der Waals surface area contributed by atoms with Crippen molar-refractivity contribution < 1.29 is 4.92 Å². The summed E-state index contributed by atoms with van der Waals surface area (Å²) in [6.07, 6.45) is 1.33. The van der Waals surface area contributed by atoms with Crippen molar-refractivity contribution in [3.63, 3.8) is 0 Å². The Balaban J connectivity index is 2.75. The normalized spacial score (nSPS) is 10.3. The van der Waals surface area contributed by atoms with E-state index in [9.17, 15) is 10.1 Å². The molecule has 0 amide bonds. The molecular weight excluding hydrogens is 244 g/mol. The van der Waals surface area contributed by atoms with Crippen molar-refractivity contribution in [3.05, 3.63) is 45.8 Å². The number of nitro groups is 1. The maximum absolute atomic E-state index is 11.3. The number of nitrogens with zero attached hydrogens (tertiary/aromatic N) is 3. The van der Waals surface area contributed by atoms with Crippen LogP contribution in [-0.4, -0.2) is 21.9 Å². The first kappa shape index (κ1) is 12.9. The molecule has 0 aliphatic carbocycles. The summed E-state index contributed by atoms with van der Waals surface area (Å²) in [5.74, 6) is 0.218. The Bertz CT molecular complexity index is 641. The van der Waals surface area contributed by atoms with E-state index >= 15 is 0 Å². The van der Waals surface area contributed by atoms with Crippen LogP contribution in [0.4, 0.5) is 11.5 Å². The first-order valence-corrected chi connectivity index (χ1v) is 5.79. The molecule has 0 atom stereocenters. The molecule has 0 spiro atoms. The van der Waals surface area contributed by atoms with E-state index in [-0.39, 0.29) is 11.5 Å². The van der Waals surface area contributed by atoms with Crippen molar-refractivity contribution in [2.75, 3.05) is 12.4 Å². The molecule has 0 saturated heterocycles. The Morgan fingerprint density at radius 1 is 1.26 bits per heavy atom. The first-order valence-electron chi connectivity index (χ1n) is 5.79. The summed E-state index contributed by atoms with van der Waals surface area (Å²) in [5, 5.41) is 14.0. The monoisotopic (exact) mass is 258 g/mol. The third-order valence-electron chi connectivity index (χ3n) is 2.89. The topological polar surface area (TPSA) is 81.0 Å². The quantitative estimate of drug-likeness (QED) is 0.676. The number of hydrogen-bond acceptors (Lipinski definition) is 5. The zero-order chi connectivity index (χ0) is 14.0. The number of benzene rings is 1. The summed E-state index contributed by atoms with van der Waals surface area (Å²) < 4.78 is 0. The Hall–Kier alpha value is -2.50. The van der Waals surface area contributed by atoms with E-state index in [2.05, 4.69) is 15.3 Å². The predicted octanol–water partition coefficient (Wildman–Crippen LogP) is 2.71. The number of anilines is 1. The van der Waals surface area contributed by atoms with Gasteiger partial charge in [0.15, 0.2) is 5.69 Å². The lowest BCUT2D eigenvalue weighted by Gasteiger charge is -2.09. The van der Waals surface area contributed by atoms with Crippen LogP contribution in [0.5, 0.6) is 0 Å². The maximum atomic E-state index is 11.3. The van der Waals surface area contributed by atoms with Crippen molar-refractivity contribution >= 4 is 11.5 Å². The van der Waals surface area contributed by atoms with Crippen molar-refractivity contribution in [2.24, 2.45) is 0 Å². The third-order valence-corrected chi connectivity index (χ3v) is 2.89. The highest BCUT2D eigenvalue weighted by Crippen LogP contribution is 2.34. The molecule has 0 bridgehead atoms. The summed E-state index contributed by atoms with van der Waals surface area (Å²) >= 11 is 0. The average molecular weight is 258 g/mol. The van der Waals surface area contributed by atoms with Gasteiger partial charge in [-0.3, -0.25) is 10.1 Å². The van der Waals surface area contributed by atoms with Crippen LogP contribution < -0.4 is 5.32 Å². The molecule has 0 saturated carbocycles. The molecule has 0 radical (unpaired) electrons. The van der Waals surface area contributed by atoms with E-state index in [0.717, 1.165) is 16.7 Å². The van der Waals surface area contributed by atoms with Crippen LogP contribution >= 0.6 is 0 Å². The maximum Gasteiger partial charge on any atom is 0.337 e. The molecular formula is C13H14N4O2. The number of aryl methyl sites for hydroxylation is 2. The van der Waals surface area contributed by atoms with Gasteiger partial charge in [0.2, 0.25) is 5.82 Å². The molecule has 2 aromatic rings. The van der Waals surface area contributed by atoms with Gasteiger partial charge in [-0.05, 0) is 25.5 Å². The molecule has 2 rings (SSSR count). The minimum Gasteiger partial charge on any atom is -0.367 e. The van der Waals surface area contributed by atoms with E-state index in [4.69, 9.17) is 0 Å². The Labute approximate surface area is 110 Å². The van der Waals surface area contributed by atoms with Crippen LogP contribution in [0.3, 0.4) is 0 Å². The van der Waals surface area contributed by atoms with Crippen LogP contribution in [0.15, 0.2) is 24.5 Å². The molecule has 6 nitrogen and oxygen atoms in total. The van der Waals surface area contributed by atoms with Crippen LogP contribution in [-0.2, 0) is 0 Å². The lowest BCUT2D eigenvalue weighted by atomic mass is 10.0. The molecule has 0 aliphatic heterocycles. The van der Waals surface area contributed by atoms with Crippen molar-refractivity contribution in [1.82, 2.24) is 9.97 Å². The van der Waals surface area contributed by atoms with Gasteiger partial charge in [0.1, 0.15) is 6.33 Å². The van der Waals surface area contributed by atoms with E-state index in [1.165, 1.54) is 6.33 Å². The van der Waals surface area contributed by atoms with E-state index in [0.29, 0.717) is 5.69 Å². The third kappa shape index (κ3) is 2.37. The fraction of sp³-hybridized carbons (Fsp3) is 0.231. The summed E-state index contributed by atoms with van der Waals surface area (Å²) in [6.45, 7) is 3.84. The number of hydrogen-bond donors (Lipinski definition) is 1. The molecule has 0 unspecified atom stereocenters. The fourth-order valence-electron chi connectivity index (χ4n) is 1.92. The van der Waals surface area contributed by atoms with Gasteiger partial charge in [0.05, 0.1) is 4.92 Å². The van der Waals surface area contributed by atoms with Crippen LogP contribution in [0.1, 0.15) is 11.1 Å². The highest BCUT2D eigenvalue weighted by Gasteiger charge is 2.24. The first-order chi connectivity index (χ1) is 9.04. The zero-order valence-corrected chi connectivity index (χ0v) is 11.0. The summed E-state index contributed by atoms with van der Waals surface area (Å²) in [4.78, 5) is 18.8. The van der Waals surface area contributed by atoms with Gasteiger partial charge in [-0.15, -0.1) is 0 Å². The smallest absolute Gasteiger partial charge is 0.337 e. The minimum atomic E-state index is -0.455. The fourth-order valence-corrected chi connectivity index (χ4v) is 1.92. The number of rotatable bonds is 3. The van der Waals surface area contributed by atoms with Gasteiger partial charge in [0, 0.05) is 12.6 Å². The Morgan fingerprint density at radius 3 is 2.63 bits per heavy atom. The van der Waals surface area contributed by atoms with Gasteiger partial charge in [-0.2, -0.15) is 0 Å². The van der Waals surface area contributed by atoms with Gasteiger partial charge in [0.25, 0.3) is 0 Å². The second kappa shape index (κ2) is 5.01. The van der Waals surface area contributed by atoms with Crippen LogP contribution in [0, 0.1) is 24.0 Å². The average Bonchev–Trinajstić information content (AvgIpc) is 2.40. The lowest BCUT2D eigenvalue weighted by Crippen LogP contribution is -2.03. The largest absolute Gasteiger partial charge is 0.367 e. The second-order valence-electron chi connectivity index (χ2n) is 4.24. The molecule has 19 heavy (non-hydrogen) atoms. The van der Waals surface area contributed by atoms with Crippen molar-refractivity contribution in [3.8, 4) is 11.3 Å². The highest BCUT2D eigenvalue weighted by molar-refractivity contribution is 5.78. The Kier molecular flexibility index (Phi) is 3.41. The predicted molar refractivity (Wildman–Crippen MR) is 73.1 cm³/mol. The number of aromatic nitrogens is 2. The summed E-state index contributed by atoms with van der Waals surface area (Å²) in [6, 6.07) is 5.78. The molecule has 1 aromatic carbocycles. The molecule has 98 valence electrons. The van der Waals surface area contributed by atoms with Crippen LogP contribution in [0.25, 0.3) is 11.3 Å². The lowest BCUT2D eigenvalue weighted by molar-refractivity contribution is -0.383. The van der Waals surface area contributed by atoms with E-state index in [1.807, 2.05) is 32.0 Å². The molecule has 1 aromatic heterocycles. The van der Waals surface area contributed by atoms with Crippen molar-refractivity contribution in [1.29, 1.82) is 0 Å². The van der Waals surface area contributed by atoms with Crippen molar-refractivity contribution in [2.45, 2.75) is 13.8 Å². The molecule has 1 heterocycles.